The number of hydrogen-bond donors (Lipinski definition) is 3. The van der Waals surface area contributed by atoms with Crippen molar-refractivity contribution in [3.05, 3.63) is 83.5 Å². The Hall–Kier alpha value is -4.37. The standard InChI is InChI=1S/C36H46N6O3/c1-7-22(4)31(26-11-13-29(23(5)14-26)34(43)9-3)19-39-32(8-2)30(17-37)36(45)41-33-16-27(18-38-24(33)6)40-35(44)21-42-20-25-10-12-28(42)15-25/h8,11,13-14,16-19,22,25,28H,2,7,9-10,12,15,20-21,37H2,1,3-6H3,(H,40,44)(H,41,45)/b30-17+,31-19+,39-32-/t22-,25?,28?/m1/s1. The lowest BCUT2D eigenvalue weighted by molar-refractivity contribution is -0.117. The van der Waals surface area contributed by atoms with Crippen molar-refractivity contribution in [2.75, 3.05) is 23.7 Å². The first-order valence-electron chi connectivity index (χ1n) is 15.9. The fourth-order valence-corrected chi connectivity index (χ4v) is 6.22. The van der Waals surface area contributed by atoms with Crippen LogP contribution in [0.1, 0.15) is 80.1 Å². The van der Waals surface area contributed by atoms with E-state index in [0.717, 1.165) is 41.6 Å². The number of anilines is 2. The number of hydrogen-bond acceptors (Lipinski definition) is 7. The van der Waals surface area contributed by atoms with E-state index in [1.54, 1.807) is 25.4 Å². The van der Waals surface area contributed by atoms with E-state index in [2.05, 4.69) is 45.9 Å². The number of carbonyl (C=O) groups is 3. The molecule has 1 aromatic carbocycles. The molecule has 2 aromatic rings. The number of rotatable bonds is 13. The minimum absolute atomic E-state index is 0.0974. The summed E-state index contributed by atoms with van der Waals surface area (Å²) < 4.78 is 0. The predicted octanol–water partition coefficient (Wildman–Crippen LogP) is 6.21. The second-order valence-electron chi connectivity index (χ2n) is 12.1. The molecule has 2 amide bonds. The monoisotopic (exact) mass is 610 g/mol. The molecule has 9 heteroatoms. The van der Waals surface area contributed by atoms with E-state index in [1.807, 2.05) is 32.0 Å². The third kappa shape index (κ3) is 8.02. The van der Waals surface area contributed by atoms with Gasteiger partial charge in [-0.2, -0.15) is 0 Å². The maximum Gasteiger partial charge on any atom is 0.259 e. The van der Waals surface area contributed by atoms with Crippen molar-refractivity contribution in [1.29, 1.82) is 0 Å². The number of aromatic nitrogens is 1. The minimum atomic E-state index is -0.477. The van der Waals surface area contributed by atoms with Crippen LogP contribution in [0.4, 0.5) is 11.4 Å². The molecule has 2 bridgehead atoms. The number of amides is 2. The van der Waals surface area contributed by atoms with Crippen molar-refractivity contribution < 1.29 is 14.4 Å². The van der Waals surface area contributed by atoms with Gasteiger partial charge >= 0.3 is 0 Å². The molecule has 9 nitrogen and oxygen atoms in total. The van der Waals surface area contributed by atoms with Gasteiger partial charge in [-0.1, -0.05) is 45.5 Å². The molecule has 4 rings (SSSR count). The number of pyridine rings is 1. The van der Waals surface area contributed by atoms with Crippen LogP contribution < -0.4 is 16.4 Å². The summed E-state index contributed by atoms with van der Waals surface area (Å²) in [6, 6.07) is 8.02. The number of benzene rings is 1. The van der Waals surface area contributed by atoms with Crippen LogP contribution in [0.15, 0.2) is 66.1 Å². The zero-order valence-electron chi connectivity index (χ0n) is 27.2. The first kappa shape index (κ1) is 33.5. The van der Waals surface area contributed by atoms with Gasteiger partial charge in [0, 0.05) is 37.0 Å². The average Bonchev–Trinajstić information content (AvgIpc) is 3.65. The van der Waals surface area contributed by atoms with E-state index >= 15 is 0 Å². The largest absolute Gasteiger partial charge is 0.404 e. The first-order chi connectivity index (χ1) is 21.6. The number of likely N-dealkylation sites (tertiary alicyclic amines) is 1. The number of nitrogens with two attached hydrogens (primary N) is 1. The number of nitrogens with one attached hydrogen (secondary N) is 2. The van der Waals surface area contributed by atoms with Gasteiger partial charge in [-0.15, -0.1) is 0 Å². The lowest BCUT2D eigenvalue weighted by atomic mass is 9.90. The van der Waals surface area contributed by atoms with Crippen LogP contribution in [-0.4, -0.2) is 52.3 Å². The van der Waals surface area contributed by atoms with Crippen LogP contribution in [0.2, 0.25) is 0 Å². The lowest BCUT2D eigenvalue weighted by Crippen LogP contribution is -2.38. The van der Waals surface area contributed by atoms with Crippen LogP contribution in [0, 0.1) is 25.7 Å². The van der Waals surface area contributed by atoms with Crippen molar-refractivity contribution >= 4 is 40.3 Å². The number of Topliss-reactive ketones (excluding diaryl/α,β-unsaturated/α-hetero) is 1. The van der Waals surface area contributed by atoms with Crippen molar-refractivity contribution in [1.82, 2.24) is 9.88 Å². The lowest BCUT2D eigenvalue weighted by Gasteiger charge is -2.25. The summed E-state index contributed by atoms with van der Waals surface area (Å²) in [5.41, 5.74) is 11.5. The molecule has 2 aliphatic rings. The number of piperidine rings is 1. The molecule has 3 atom stereocenters. The summed E-state index contributed by atoms with van der Waals surface area (Å²) in [5, 5.41) is 5.80. The van der Waals surface area contributed by atoms with E-state index in [0.29, 0.717) is 47.7 Å². The SMILES string of the molecule is C=CC(=N/C=C(/c1ccc(C(=O)CC)c(C)c1)[C@H](C)CC)/C(=C\N)C(=O)Nc1cc(NC(=O)CN2CC3CCC2C3)cnc1C. The van der Waals surface area contributed by atoms with Crippen molar-refractivity contribution in [2.45, 2.75) is 72.8 Å². The Morgan fingerprint density at radius 1 is 1.18 bits per heavy atom. The summed E-state index contributed by atoms with van der Waals surface area (Å²) in [6.45, 7) is 15.0. The van der Waals surface area contributed by atoms with Gasteiger partial charge in [-0.05, 0) is 80.2 Å². The van der Waals surface area contributed by atoms with Crippen LogP contribution in [-0.2, 0) is 9.59 Å². The van der Waals surface area contributed by atoms with Gasteiger partial charge in [-0.3, -0.25) is 29.3 Å². The molecular formula is C36H46N6O3. The van der Waals surface area contributed by atoms with Crippen molar-refractivity contribution in [3.8, 4) is 0 Å². The number of ketones is 1. The van der Waals surface area contributed by atoms with Gasteiger partial charge in [-0.25, -0.2) is 0 Å². The van der Waals surface area contributed by atoms with Gasteiger partial charge < -0.3 is 16.4 Å². The molecule has 2 fully saturated rings. The first-order valence-corrected chi connectivity index (χ1v) is 15.9. The van der Waals surface area contributed by atoms with E-state index in [-0.39, 0.29) is 23.2 Å². The molecule has 1 saturated carbocycles. The van der Waals surface area contributed by atoms with Gasteiger partial charge in [0.15, 0.2) is 5.78 Å². The summed E-state index contributed by atoms with van der Waals surface area (Å²) in [6.07, 6.45) is 11.0. The summed E-state index contributed by atoms with van der Waals surface area (Å²) in [7, 11) is 0. The molecule has 1 aliphatic heterocycles. The normalized spacial score (nSPS) is 19.4. The van der Waals surface area contributed by atoms with Crippen molar-refractivity contribution in [3.63, 3.8) is 0 Å². The third-order valence-corrected chi connectivity index (χ3v) is 9.04. The average molecular weight is 611 g/mol. The second kappa shape index (κ2) is 15.1. The van der Waals surface area contributed by atoms with Crippen LogP contribution in [0.3, 0.4) is 0 Å². The minimum Gasteiger partial charge on any atom is -0.404 e. The molecule has 4 N–H and O–H groups in total. The molecule has 0 radical (unpaired) electrons. The smallest absolute Gasteiger partial charge is 0.259 e. The number of fused-ring (bicyclic) bond motifs is 2. The number of aryl methyl sites for hydroxylation is 2. The summed E-state index contributed by atoms with van der Waals surface area (Å²) >= 11 is 0. The van der Waals surface area contributed by atoms with Crippen molar-refractivity contribution in [2.24, 2.45) is 22.6 Å². The Bertz CT molecular complexity index is 1560. The van der Waals surface area contributed by atoms with Crippen LogP contribution in [0.5, 0.6) is 0 Å². The third-order valence-electron chi connectivity index (χ3n) is 9.04. The Morgan fingerprint density at radius 3 is 2.56 bits per heavy atom. The summed E-state index contributed by atoms with van der Waals surface area (Å²) in [5.74, 6) is 0.410. The molecule has 1 aromatic heterocycles. The van der Waals surface area contributed by atoms with Gasteiger partial charge in [0.05, 0.1) is 41.1 Å². The summed E-state index contributed by atoms with van der Waals surface area (Å²) in [4.78, 5) is 49.8. The zero-order chi connectivity index (χ0) is 32.7. The van der Waals surface area contributed by atoms with Gasteiger partial charge in [0.1, 0.15) is 0 Å². The molecule has 2 unspecified atom stereocenters. The van der Waals surface area contributed by atoms with E-state index in [4.69, 9.17) is 5.73 Å². The van der Waals surface area contributed by atoms with Gasteiger partial charge in [0.25, 0.3) is 5.91 Å². The molecule has 1 saturated heterocycles. The molecule has 0 spiro atoms. The molecule has 1 aliphatic carbocycles. The highest BCUT2D eigenvalue weighted by atomic mass is 16.2. The molecule has 238 valence electrons. The second-order valence-corrected chi connectivity index (χ2v) is 12.1. The van der Waals surface area contributed by atoms with Gasteiger partial charge in [0.2, 0.25) is 5.91 Å². The molecule has 2 heterocycles. The zero-order valence-corrected chi connectivity index (χ0v) is 27.2. The Kier molecular flexibility index (Phi) is 11.2. The van der Waals surface area contributed by atoms with E-state index in [9.17, 15) is 14.4 Å². The molecule has 45 heavy (non-hydrogen) atoms. The molecular weight excluding hydrogens is 564 g/mol. The number of aliphatic imine (C=N–C) groups is 1. The number of carbonyl (C=O) groups excluding carboxylic acids is 3. The predicted molar refractivity (Wildman–Crippen MR) is 182 cm³/mol. The van der Waals surface area contributed by atoms with Crippen LogP contribution >= 0.6 is 0 Å². The highest BCUT2D eigenvalue weighted by Crippen LogP contribution is 2.37. The van der Waals surface area contributed by atoms with E-state index < -0.39 is 5.91 Å². The maximum absolute atomic E-state index is 13.4. The van der Waals surface area contributed by atoms with Crippen LogP contribution in [0.25, 0.3) is 5.57 Å². The number of nitrogens with zero attached hydrogens (tertiary/aromatic N) is 3. The fourth-order valence-electron chi connectivity index (χ4n) is 6.22. The van der Waals surface area contributed by atoms with E-state index in [1.165, 1.54) is 25.1 Å². The topological polar surface area (TPSA) is 130 Å². The quantitative estimate of drug-likeness (QED) is 0.141. The Morgan fingerprint density at radius 2 is 1.96 bits per heavy atom. The highest BCUT2D eigenvalue weighted by Gasteiger charge is 2.38. The fraction of sp³-hybridized carbons (Fsp3) is 0.417. The number of allylic oxidation sites excluding steroid dienone is 2. The maximum atomic E-state index is 13.4. The highest BCUT2D eigenvalue weighted by molar-refractivity contribution is 6.29. The Balaban J connectivity index is 1.51. The Labute approximate surface area is 266 Å².